The third kappa shape index (κ3) is 2.67. The van der Waals surface area contributed by atoms with Crippen LogP contribution in [0.5, 0.6) is 0 Å². The summed E-state index contributed by atoms with van der Waals surface area (Å²) in [5, 5.41) is 0.628. The first-order valence-electron chi connectivity index (χ1n) is 6.52. The largest absolute Gasteiger partial charge is 0.310 e. The summed E-state index contributed by atoms with van der Waals surface area (Å²) >= 11 is 0. The molecule has 1 heterocycles. The average Bonchev–Trinajstić information content (AvgIpc) is 2.48. The molecule has 0 aliphatic carbocycles. The number of hydrogen-bond acceptors (Lipinski definition) is 2. The summed E-state index contributed by atoms with van der Waals surface area (Å²) in [4.78, 5) is 19.2. The van der Waals surface area contributed by atoms with E-state index in [9.17, 15) is 4.79 Å². The lowest BCUT2D eigenvalue weighted by molar-refractivity contribution is 0.997. The zero-order chi connectivity index (χ0) is 13.8. The molecule has 1 N–H and O–H groups in total. The van der Waals surface area contributed by atoms with E-state index in [1.165, 1.54) is 0 Å². The minimum Gasteiger partial charge on any atom is -0.310 e. The second-order valence-electron chi connectivity index (χ2n) is 4.55. The molecular formula is C17H14N2O. The van der Waals surface area contributed by atoms with Crippen molar-refractivity contribution in [3.63, 3.8) is 0 Å². The van der Waals surface area contributed by atoms with Crippen LogP contribution in [-0.4, -0.2) is 9.97 Å². The maximum Gasteiger partial charge on any atom is 0.258 e. The molecule has 20 heavy (non-hydrogen) atoms. The molecule has 0 saturated carbocycles. The highest BCUT2D eigenvalue weighted by atomic mass is 16.1. The van der Waals surface area contributed by atoms with Crippen molar-refractivity contribution in [2.24, 2.45) is 0 Å². The van der Waals surface area contributed by atoms with Crippen LogP contribution in [0.1, 0.15) is 11.4 Å². The predicted octanol–water partition coefficient (Wildman–Crippen LogP) is 3.18. The third-order valence-electron chi connectivity index (χ3n) is 3.08. The van der Waals surface area contributed by atoms with E-state index in [0.717, 1.165) is 11.1 Å². The molecule has 0 spiro atoms. The number of aromatic nitrogens is 2. The van der Waals surface area contributed by atoms with E-state index in [-0.39, 0.29) is 5.56 Å². The molecule has 3 nitrogen and oxygen atoms in total. The van der Waals surface area contributed by atoms with Crippen LogP contribution in [0, 0.1) is 0 Å². The van der Waals surface area contributed by atoms with Gasteiger partial charge in [0.2, 0.25) is 0 Å². The van der Waals surface area contributed by atoms with Crippen LogP contribution < -0.4 is 5.56 Å². The van der Waals surface area contributed by atoms with Crippen LogP contribution in [0.2, 0.25) is 0 Å². The second-order valence-corrected chi connectivity index (χ2v) is 4.55. The highest BCUT2D eigenvalue weighted by Gasteiger charge is 2.01. The number of H-pyrrole nitrogens is 1. The summed E-state index contributed by atoms with van der Waals surface area (Å²) in [7, 11) is 0. The van der Waals surface area contributed by atoms with Gasteiger partial charge in [0.05, 0.1) is 10.9 Å². The molecule has 0 unspecified atom stereocenters. The molecule has 3 heteroatoms. The van der Waals surface area contributed by atoms with Crippen molar-refractivity contribution in [3.05, 3.63) is 82.4 Å². The minimum absolute atomic E-state index is 0.0845. The fraction of sp³-hybridized carbons (Fsp3) is 0.0588. The van der Waals surface area contributed by atoms with Gasteiger partial charge in [0, 0.05) is 6.42 Å². The summed E-state index contributed by atoms with van der Waals surface area (Å²) in [5.41, 5.74) is 1.79. The molecule has 0 atom stereocenters. The topological polar surface area (TPSA) is 45.8 Å². The maximum absolute atomic E-state index is 11.9. The van der Waals surface area contributed by atoms with E-state index in [2.05, 4.69) is 9.97 Å². The van der Waals surface area contributed by atoms with Crippen molar-refractivity contribution < 1.29 is 0 Å². The highest BCUT2D eigenvalue weighted by molar-refractivity contribution is 5.77. The van der Waals surface area contributed by atoms with Gasteiger partial charge in [0.25, 0.3) is 5.56 Å². The van der Waals surface area contributed by atoms with Crippen LogP contribution in [0.4, 0.5) is 0 Å². The van der Waals surface area contributed by atoms with Crippen LogP contribution in [-0.2, 0) is 6.42 Å². The van der Waals surface area contributed by atoms with Gasteiger partial charge >= 0.3 is 0 Å². The minimum atomic E-state index is -0.0845. The van der Waals surface area contributed by atoms with E-state index in [4.69, 9.17) is 0 Å². The molecular weight excluding hydrogens is 248 g/mol. The number of para-hydroxylation sites is 1. The molecule has 98 valence electrons. The van der Waals surface area contributed by atoms with E-state index in [1.807, 2.05) is 60.7 Å². The van der Waals surface area contributed by atoms with Gasteiger partial charge in [-0.25, -0.2) is 4.98 Å². The van der Waals surface area contributed by atoms with Gasteiger partial charge in [-0.1, -0.05) is 54.6 Å². The van der Waals surface area contributed by atoms with E-state index >= 15 is 0 Å². The van der Waals surface area contributed by atoms with Crippen LogP contribution >= 0.6 is 0 Å². The standard InChI is InChI=1S/C17H14N2O/c20-17-14-10-4-5-11-15(14)18-16(19-17)12-6-9-13-7-2-1-3-8-13/h1-11H,12H2,(H,18,19,20). The average molecular weight is 262 g/mol. The fourth-order valence-corrected chi connectivity index (χ4v) is 2.10. The zero-order valence-electron chi connectivity index (χ0n) is 10.9. The van der Waals surface area contributed by atoms with Gasteiger partial charge in [0.15, 0.2) is 0 Å². The van der Waals surface area contributed by atoms with Gasteiger partial charge in [-0.15, -0.1) is 0 Å². The number of aromatic amines is 1. The molecule has 0 radical (unpaired) electrons. The Kier molecular flexibility index (Phi) is 3.42. The van der Waals surface area contributed by atoms with Gasteiger partial charge in [-0.05, 0) is 17.7 Å². The molecule has 3 aromatic rings. The third-order valence-corrected chi connectivity index (χ3v) is 3.08. The first-order valence-corrected chi connectivity index (χ1v) is 6.52. The van der Waals surface area contributed by atoms with Crippen LogP contribution in [0.3, 0.4) is 0 Å². The molecule has 0 amide bonds. The molecule has 0 saturated heterocycles. The van der Waals surface area contributed by atoms with E-state index < -0.39 is 0 Å². The Hall–Kier alpha value is -2.68. The monoisotopic (exact) mass is 262 g/mol. The molecule has 0 aliphatic rings. The Morgan fingerprint density at radius 1 is 1.00 bits per heavy atom. The number of nitrogens with zero attached hydrogens (tertiary/aromatic N) is 1. The molecule has 0 aliphatic heterocycles. The Balaban J connectivity index is 1.85. The molecule has 0 bridgehead atoms. The zero-order valence-corrected chi connectivity index (χ0v) is 10.9. The number of fused-ring (bicyclic) bond motifs is 1. The normalized spacial score (nSPS) is 11.2. The molecule has 1 aromatic heterocycles. The molecule has 0 fully saturated rings. The smallest absolute Gasteiger partial charge is 0.258 e. The lowest BCUT2D eigenvalue weighted by atomic mass is 10.2. The molecule has 3 rings (SSSR count). The van der Waals surface area contributed by atoms with Crippen molar-refractivity contribution in [1.29, 1.82) is 0 Å². The van der Waals surface area contributed by atoms with Crippen LogP contribution in [0.25, 0.3) is 17.0 Å². The summed E-state index contributed by atoms with van der Waals surface area (Å²) < 4.78 is 0. The van der Waals surface area contributed by atoms with Gasteiger partial charge in [-0.2, -0.15) is 0 Å². The quantitative estimate of drug-likeness (QED) is 0.788. The first kappa shape index (κ1) is 12.4. The van der Waals surface area contributed by atoms with Crippen molar-refractivity contribution in [2.75, 3.05) is 0 Å². The summed E-state index contributed by atoms with van der Waals surface area (Å²) in [6, 6.07) is 17.4. The fourth-order valence-electron chi connectivity index (χ4n) is 2.10. The number of rotatable bonds is 3. The van der Waals surface area contributed by atoms with Gasteiger partial charge in [-0.3, -0.25) is 4.79 Å². The summed E-state index contributed by atoms with van der Waals surface area (Å²) in [5.74, 6) is 0.681. The van der Waals surface area contributed by atoms with E-state index in [0.29, 0.717) is 17.6 Å². The summed E-state index contributed by atoms with van der Waals surface area (Å²) in [6.45, 7) is 0. The van der Waals surface area contributed by atoms with Crippen molar-refractivity contribution >= 4 is 17.0 Å². The van der Waals surface area contributed by atoms with E-state index in [1.54, 1.807) is 6.07 Å². The van der Waals surface area contributed by atoms with Crippen molar-refractivity contribution in [1.82, 2.24) is 9.97 Å². The van der Waals surface area contributed by atoms with Gasteiger partial charge in [0.1, 0.15) is 5.82 Å². The number of hydrogen-bond donors (Lipinski definition) is 1. The SMILES string of the molecule is O=c1[nH]c(CC=Cc2ccccc2)nc2ccccc12. The second kappa shape index (κ2) is 5.53. The Bertz CT molecular complexity index is 804. The Morgan fingerprint density at radius 3 is 2.60 bits per heavy atom. The first-order chi connectivity index (χ1) is 9.83. The molecule has 2 aromatic carbocycles. The summed E-state index contributed by atoms with van der Waals surface area (Å²) in [6.07, 6.45) is 4.63. The number of allylic oxidation sites excluding steroid dienone is 1. The van der Waals surface area contributed by atoms with Crippen LogP contribution in [0.15, 0.2) is 65.5 Å². The Morgan fingerprint density at radius 2 is 1.75 bits per heavy atom. The maximum atomic E-state index is 11.9. The Labute approximate surface area is 116 Å². The highest BCUT2D eigenvalue weighted by Crippen LogP contribution is 2.07. The van der Waals surface area contributed by atoms with Crippen molar-refractivity contribution in [2.45, 2.75) is 6.42 Å². The predicted molar refractivity (Wildman–Crippen MR) is 81.5 cm³/mol. The van der Waals surface area contributed by atoms with Crippen molar-refractivity contribution in [3.8, 4) is 0 Å². The lowest BCUT2D eigenvalue weighted by Crippen LogP contribution is -2.11. The van der Waals surface area contributed by atoms with Gasteiger partial charge < -0.3 is 4.98 Å². The number of benzene rings is 2. The number of nitrogens with one attached hydrogen (secondary N) is 1. The lowest BCUT2D eigenvalue weighted by Gasteiger charge is -2.00.